The van der Waals surface area contributed by atoms with E-state index >= 15 is 0 Å². The molecular weight excluding hydrogens is 277 g/mol. The van der Waals surface area contributed by atoms with Crippen molar-refractivity contribution in [1.29, 1.82) is 0 Å². The van der Waals surface area contributed by atoms with Crippen molar-refractivity contribution in [2.24, 2.45) is 0 Å². The van der Waals surface area contributed by atoms with Crippen molar-refractivity contribution >= 4 is 11.7 Å². The normalized spacial score (nSPS) is 26.2. The number of amides is 1. The Balaban J connectivity index is 1.95. The Bertz CT molecular complexity index is 561. The molecule has 0 aliphatic carbocycles. The fourth-order valence-corrected chi connectivity index (χ4v) is 2.36. The van der Waals surface area contributed by atoms with E-state index in [4.69, 9.17) is 9.47 Å². The number of carbonyl (C=O) groups is 1. The minimum absolute atomic E-state index is 0.0241. The predicted octanol–water partition coefficient (Wildman–Crippen LogP) is 1.50. The SMILES string of the molecule is Cc1cc(C(F)(F)F)cc(N2CC3OCOC3C2=O)n1. The summed E-state index contributed by atoms with van der Waals surface area (Å²) in [4.78, 5) is 17.2. The van der Waals surface area contributed by atoms with E-state index in [2.05, 4.69) is 4.98 Å². The molecule has 0 saturated carbocycles. The molecule has 20 heavy (non-hydrogen) atoms. The van der Waals surface area contributed by atoms with Crippen LogP contribution < -0.4 is 4.90 Å². The third kappa shape index (κ3) is 2.14. The smallest absolute Gasteiger partial charge is 0.347 e. The van der Waals surface area contributed by atoms with Crippen molar-refractivity contribution in [2.45, 2.75) is 25.3 Å². The molecule has 0 aromatic carbocycles. The lowest BCUT2D eigenvalue weighted by Crippen LogP contribution is -2.31. The van der Waals surface area contributed by atoms with Gasteiger partial charge in [0.1, 0.15) is 18.7 Å². The average molecular weight is 288 g/mol. The van der Waals surface area contributed by atoms with Gasteiger partial charge in [0.15, 0.2) is 6.10 Å². The van der Waals surface area contributed by atoms with Gasteiger partial charge < -0.3 is 9.47 Å². The predicted molar refractivity (Wildman–Crippen MR) is 60.9 cm³/mol. The van der Waals surface area contributed by atoms with Gasteiger partial charge in [0.05, 0.1) is 12.1 Å². The molecular formula is C12H11F3N2O3. The van der Waals surface area contributed by atoms with Crippen molar-refractivity contribution in [3.63, 3.8) is 0 Å². The molecule has 1 aromatic heterocycles. The average Bonchev–Trinajstić information content (AvgIpc) is 2.91. The van der Waals surface area contributed by atoms with Crippen molar-refractivity contribution < 1.29 is 27.4 Å². The molecule has 0 radical (unpaired) electrons. The lowest BCUT2D eigenvalue weighted by atomic mass is 10.2. The van der Waals surface area contributed by atoms with Crippen LogP contribution in [0.25, 0.3) is 0 Å². The highest BCUT2D eigenvalue weighted by molar-refractivity contribution is 5.99. The number of anilines is 1. The van der Waals surface area contributed by atoms with Gasteiger partial charge in [-0.15, -0.1) is 0 Å². The first kappa shape index (κ1) is 13.3. The molecule has 1 aromatic rings. The van der Waals surface area contributed by atoms with Crippen LogP contribution in [0.2, 0.25) is 0 Å². The lowest BCUT2D eigenvalue weighted by molar-refractivity contribution is -0.137. The fourth-order valence-electron chi connectivity index (χ4n) is 2.36. The van der Waals surface area contributed by atoms with Crippen molar-refractivity contribution in [1.82, 2.24) is 4.98 Å². The molecule has 2 aliphatic rings. The second-order valence-electron chi connectivity index (χ2n) is 4.71. The molecule has 2 fully saturated rings. The number of nitrogens with zero attached hydrogens (tertiary/aromatic N) is 2. The molecule has 2 aliphatic heterocycles. The number of ether oxygens (including phenoxy) is 2. The Kier molecular flexibility index (Phi) is 2.94. The van der Waals surface area contributed by atoms with Crippen LogP contribution in [0, 0.1) is 6.92 Å². The van der Waals surface area contributed by atoms with E-state index in [1.807, 2.05) is 0 Å². The van der Waals surface area contributed by atoms with Crippen LogP contribution in [0.1, 0.15) is 11.3 Å². The number of aromatic nitrogens is 1. The van der Waals surface area contributed by atoms with Gasteiger partial charge in [-0.1, -0.05) is 0 Å². The molecule has 5 nitrogen and oxygen atoms in total. The standard InChI is InChI=1S/C12H11F3N2O3/c1-6-2-7(12(13,14)15)3-9(16-6)17-4-8-10(11(17)18)20-5-19-8/h2-3,8,10H,4-5H2,1H3. The first-order valence-corrected chi connectivity index (χ1v) is 5.97. The van der Waals surface area contributed by atoms with E-state index < -0.39 is 29.9 Å². The topological polar surface area (TPSA) is 51.7 Å². The maximum Gasteiger partial charge on any atom is 0.416 e. The van der Waals surface area contributed by atoms with Crippen molar-refractivity contribution in [2.75, 3.05) is 18.2 Å². The molecule has 3 rings (SSSR count). The molecule has 3 heterocycles. The zero-order chi connectivity index (χ0) is 14.5. The van der Waals surface area contributed by atoms with Gasteiger partial charge in [0.2, 0.25) is 0 Å². The number of aryl methyl sites for hydroxylation is 1. The molecule has 108 valence electrons. The Morgan fingerprint density at radius 1 is 1.35 bits per heavy atom. The number of alkyl halides is 3. The van der Waals surface area contributed by atoms with Crippen molar-refractivity contribution in [3.05, 3.63) is 23.4 Å². The number of pyridine rings is 1. The summed E-state index contributed by atoms with van der Waals surface area (Å²) in [7, 11) is 0. The lowest BCUT2D eigenvalue weighted by Gasteiger charge is -2.18. The minimum atomic E-state index is -4.48. The summed E-state index contributed by atoms with van der Waals surface area (Å²) in [5.74, 6) is -0.442. The van der Waals surface area contributed by atoms with E-state index in [0.717, 1.165) is 12.1 Å². The number of fused-ring (bicyclic) bond motifs is 1. The van der Waals surface area contributed by atoms with Gasteiger partial charge in [0.25, 0.3) is 5.91 Å². The van der Waals surface area contributed by atoms with Gasteiger partial charge in [-0.25, -0.2) is 4.98 Å². The first-order valence-electron chi connectivity index (χ1n) is 5.97. The maximum atomic E-state index is 12.8. The van der Waals surface area contributed by atoms with Gasteiger partial charge in [-0.2, -0.15) is 13.2 Å². The van der Waals surface area contributed by atoms with Gasteiger partial charge in [-0.05, 0) is 19.1 Å². The molecule has 0 spiro atoms. The van der Waals surface area contributed by atoms with E-state index in [-0.39, 0.29) is 24.8 Å². The summed E-state index contributed by atoms with van der Waals surface area (Å²) in [6.45, 7) is 1.63. The zero-order valence-electron chi connectivity index (χ0n) is 10.5. The number of hydrogen-bond donors (Lipinski definition) is 0. The summed E-state index contributed by atoms with van der Waals surface area (Å²) in [6, 6.07) is 1.81. The summed E-state index contributed by atoms with van der Waals surface area (Å²) < 4.78 is 48.6. The Labute approximate surface area is 112 Å². The highest BCUT2D eigenvalue weighted by atomic mass is 19.4. The summed E-state index contributed by atoms with van der Waals surface area (Å²) in [5.41, 5.74) is -0.631. The molecule has 2 unspecified atom stereocenters. The van der Waals surface area contributed by atoms with Crippen molar-refractivity contribution in [3.8, 4) is 0 Å². The molecule has 1 amide bonds. The van der Waals surface area contributed by atoms with Gasteiger partial charge in [0, 0.05) is 5.69 Å². The zero-order valence-corrected chi connectivity index (χ0v) is 10.5. The number of hydrogen-bond acceptors (Lipinski definition) is 4. The Hall–Kier alpha value is -1.67. The largest absolute Gasteiger partial charge is 0.416 e. The van der Waals surface area contributed by atoms with Gasteiger partial charge >= 0.3 is 6.18 Å². The van der Waals surface area contributed by atoms with Crippen LogP contribution in [0.5, 0.6) is 0 Å². The molecule has 8 heteroatoms. The fraction of sp³-hybridized carbons (Fsp3) is 0.500. The summed E-state index contributed by atoms with van der Waals surface area (Å²) >= 11 is 0. The number of halogens is 3. The highest BCUT2D eigenvalue weighted by Crippen LogP contribution is 2.33. The third-order valence-corrected chi connectivity index (χ3v) is 3.28. The van der Waals surface area contributed by atoms with Crippen LogP contribution in [0.15, 0.2) is 12.1 Å². The maximum absolute atomic E-state index is 12.8. The Morgan fingerprint density at radius 2 is 2.10 bits per heavy atom. The number of rotatable bonds is 1. The van der Waals surface area contributed by atoms with Crippen LogP contribution in [-0.4, -0.2) is 36.4 Å². The first-order chi connectivity index (χ1) is 9.36. The molecule has 2 atom stereocenters. The quantitative estimate of drug-likeness (QED) is 0.786. The molecule has 2 saturated heterocycles. The molecule has 0 bridgehead atoms. The number of carbonyl (C=O) groups excluding carboxylic acids is 1. The minimum Gasteiger partial charge on any atom is -0.347 e. The van der Waals surface area contributed by atoms with Gasteiger partial charge in [-0.3, -0.25) is 9.69 Å². The third-order valence-electron chi connectivity index (χ3n) is 3.28. The van der Waals surface area contributed by atoms with Crippen LogP contribution >= 0.6 is 0 Å². The van der Waals surface area contributed by atoms with E-state index in [0.29, 0.717) is 0 Å². The van der Waals surface area contributed by atoms with Crippen LogP contribution in [0.3, 0.4) is 0 Å². The second kappa shape index (κ2) is 4.42. The summed E-state index contributed by atoms with van der Waals surface area (Å²) in [6.07, 6.45) is -5.67. The molecule has 0 N–H and O–H groups in total. The van der Waals surface area contributed by atoms with Crippen LogP contribution in [-0.2, 0) is 20.4 Å². The monoisotopic (exact) mass is 288 g/mol. The Morgan fingerprint density at radius 3 is 2.75 bits per heavy atom. The van der Waals surface area contributed by atoms with E-state index in [1.54, 1.807) is 0 Å². The van der Waals surface area contributed by atoms with E-state index in [9.17, 15) is 18.0 Å². The van der Waals surface area contributed by atoms with E-state index in [1.165, 1.54) is 11.8 Å². The van der Waals surface area contributed by atoms with Crippen LogP contribution in [0.4, 0.5) is 19.0 Å². The summed E-state index contributed by atoms with van der Waals surface area (Å²) in [5, 5.41) is 0. The highest BCUT2D eigenvalue weighted by Gasteiger charge is 2.47. The second-order valence-corrected chi connectivity index (χ2v) is 4.71.